The molecule has 4 rings (SSSR count). The van der Waals surface area contributed by atoms with E-state index in [1.54, 1.807) is 24.0 Å². The molecule has 1 aliphatic carbocycles. The number of allylic oxidation sites excluding steroid dienone is 1. The van der Waals surface area contributed by atoms with Gasteiger partial charge in [0.1, 0.15) is 16.8 Å². The summed E-state index contributed by atoms with van der Waals surface area (Å²) in [5.74, 6) is 0.226. The van der Waals surface area contributed by atoms with Gasteiger partial charge in [0.05, 0.1) is 6.61 Å². The van der Waals surface area contributed by atoms with Crippen molar-refractivity contribution in [3.8, 4) is 0 Å². The highest BCUT2D eigenvalue weighted by molar-refractivity contribution is 8.04. The number of fused-ring (bicyclic) bond motifs is 2. The van der Waals surface area contributed by atoms with Crippen LogP contribution in [0, 0.1) is 0 Å². The van der Waals surface area contributed by atoms with E-state index in [2.05, 4.69) is 4.90 Å². The summed E-state index contributed by atoms with van der Waals surface area (Å²) in [5.41, 5.74) is 1.11. The summed E-state index contributed by atoms with van der Waals surface area (Å²) in [6.07, 6.45) is -0.338. The van der Waals surface area contributed by atoms with Gasteiger partial charge >= 0.3 is 6.09 Å². The molecule has 1 aromatic carbocycles. The molecule has 1 fully saturated rings. The van der Waals surface area contributed by atoms with Crippen molar-refractivity contribution in [2.24, 2.45) is 0 Å². The Morgan fingerprint density at radius 3 is 2.57 bits per heavy atom. The Labute approximate surface area is 167 Å². The number of carbonyl (C=O) groups excluding carboxylic acids is 3. The number of rotatable bonds is 3. The van der Waals surface area contributed by atoms with Gasteiger partial charge in [0.25, 0.3) is 0 Å². The lowest BCUT2D eigenvalue weighted by atomic mass is 9.93. The third kappa shape index (κ3) is 3.54. The average molecular weight is 402 g/mol. The molecule has 1 unspecified atom stereocenters. The molecule has 1 saturated heterocycles. The normalized spacial score (nSPS) is 22.5. The third-order valence-corrected chi connectivity index (χ3v) is 6.29. The fraction of sp³-hybridized carbons (Fsp3) is 0.450. The number of amides is 1. The number of ketones is 2. The molecule has 1 amide bonds. The molecular formula is C20H22N2O5S. The molecule has 1 aromatic rings. The predicted molar refractivity (Wildman–Crippen MR) is 105 cm³/mol. The van der Waals surface area contributed by atoms with Crippen LogP contribution in [-0.2, 0) is 14.3 Å². The molecule has 0 N–H and O–H groups in total. The zero-order chi connectivity index (χ0) is 19.7. The van der Waals surface area contributed by atoms with Gasteiger partial charge in [-0.3, -0.25) is 14.5 Å². The fourth-order valence-electron chi connectivity index (χ4n) is 3.66. The Bertz CT molecular complexity index is 845. The maximum absolute atomic E-state index is 12.4. The molecule has 2 aliphatic heterocycles. The first-order valence-corrected chi connectivity index (χ1v) is 10.4. The second kappa shape index (κ2) is 7.97. The Morgan fingerprint density at radius 2 is 1.86 bits per heavy atom. The minimum absolute atomic E-state index is 0.0769. The Balaban J connectivity index is 1.41. The fourth-order valence-corrected chi connectivity index (χ4v) is 4.70. The predicted octanol–water partition coefficient (Wildman–Crippen LogP) is 2.03. The van der Waals surface area contributed by atoms with Gasteiger partial charge in [-0.15, -0.1) is 11.8 Å². The van der Waals surface area contributed by atoms with E-state index in [9.17, 15) is 14.4 Å². The molecule has 0 aromatic heterocycles. The number of Topliss-reactive ketones (excluding diaryl/α,β-unsaturated/α-hetero) is 2. The summed E-state index contributed by atoms with van der Waals surface area (Å²) < 4.78 is 11.2. The van der Waals surface area contributed by atoms with Gasteiger partial charge in [-0.05, 0) is 6.92 Å². The first-order valence-electron chi connectivity index (χ1n) is 9.44. The van der Waals surface area contributed by atoms with E-state index < -0.39 is 11.6 Å². The van der Waals surface area contributed by atoms with Crippen molar-refractivity contribution in [1.29, 1.82) is 0 Å². The number of nitrogens with zero attached hydrogens (tertiary/aromatic N) is 2. The zero-order valence-corrected chi connectivity index (χ0v) is 16.5. The van der Waals surface area contributed by atoms with Crippen LogP contribution in [0.25, 0.3) is 5.76 Å². The second-order valence-electron chi connectivity index (χ2n) is 6.90. The van der Waals surface area contributed by atoms with Gasteiger partial charge < -0.3 is 14.4 Å². The maximum Gasteiger partial charge on any atom is 0.409 e. The van der Waals surface area contributed by atoms with E-state index >= 15 is 0 Å². The molecule has 8 heteroatoms. The van der Waals surface area contributed by atoms with E-state index in [-0.39, 0.29) is 12.2 Å². The van der Waals surface area contributed by atoms with Crippen molar-refractivity contribution in [1.82, 2.24) is 9.80 Å². The molecular weight excluding hydrogens is 380 g/mol. The minimum Gasteiger partial charge on any atom is -0.486 e. The highest BCUT2D eigenvalue weighted by Crippen LogP contribution is 2.40. The number of carbonyl (C=O) groups is 3. The van der Waals surface area contributed by atoms with Gasteiger partial charge in [0.2, 0.25) is 11.6 Å². The van der Waals surface area contributed by atoms with Crippen molar-refractivity contribution >= 4 is 35.2 Å². The molecule has 0 spiro atoms. The van der Waals surface area contributed by atoms with Crippen LogP contribution in [0.4, 0.5) is 4.79 Å². The number of hydrogen-bond acceptors (Lipinski definition) is 7. The van der Waals surface area contributed by atoms with Gasteiger partial charge in [0, 0.05) is 49.6 Å². The summed E-state index contributed by atoms with van der Waals surface area (Å²) in [6, 6.07) is 7.10. The lowest BCUT2D eigenvalue weighted by molar-refractivity contribution is -0.111. The number of ether oxygens (including phenoxy) is 2. The first-order chi connectivity index (χ1) is 13.6. The smallest absolute Gasteiger partial charge is 0.409 e. The van der Waals surface area contributed by atoms with Crippen LogP contribution < -0.4 is 0 Å². The van der Waals surface area contributed by atoms with Crippen LogP contribution in [-0.4, -0.2) is 78.6 Å². The van der Waals surface area contributed by atoms with Gasteiger partial charge in [-0.1, -0.05) is 24.3 Å². The van der Waals surface area contributed by atoms with Crippen LogP contribution in [0.15, 0.2) is 29.2 Å². The summed E-state index contributed by atoms with van der Waals surface area (Å²) >= 11 is 1.40. The number of hydrogen-bond donors (Lipinski definition) is 0. The van der Waals surface area contributed by atoms with Gasteiger partial charge in [-0.2, -0.15) is 0 Å². The molecule has 0 radical (unpaired) electrons. The Hall–Kier alpha value is -2.32. The third-order valence-electron chi connectivity index (χ3n) is 5.09. The summed E-state index contributed by atoms with van der Waals surface area (Å²) in [6.45, 7) is 5.66. The maximum atomic E-state index is 12.4. The topological polar surface area (TPSA) is 76.2 Å². The molecule has 148 valence electrons. The first kappa shape index (κ1) is 19.0. The van der Waals surface area contributed by atoms with Crippen LogP contribution in [0.3, 0.4) is 0 Å². The quantitative estimate of drug-likeness (QED) is 0.716. The SMILES string of the molecule is CCOC(=O)N1CCN(CC2CSC3=C(O2)c2ccccc2C(=O)C3=O)CC1. The van der Waals surface area contributed by atoms with Crippen LogP contribution in [0.2, 0.25) is 0 Å². The summed E-state index contributed by atoms with van der Waals surface area (Å²) in [7, 11) is 0. The minimum atomic E-state index is -0.472. The second-order valence-corrected chi connectivity index (χ2v) is 7.93. The highest BCUT2D eigenvalue weighted by Gasteiger charge is 2.38. The lowest BCUT2D eigenvalue weighted by Gasteiger charge is -2.37. The molecule has 0 bridgehead atoms. The van der Waals surface area contributed by atoms with Gasteiger partial charge in [-0.25, -0.2) is 4.79 Å². The average Bonchev–Trinajstić information content (AvgIpc) is 2.73. The molecule has 3 aliphatic rings. The number of benzene rings is 1. The summed E-state index contributed by atoms with van der Waals surface area (Å²) in [5, 5.41) is 0. The molecule has 0 saturated carbocycles. The lowest BCUT2D eigenvalue weighted by Crippen LogP contribution is -2.51. The van der Waals surface area contributed by atoms with Crippen molar-refractivity contribution in [2.45, 2.75) is 13.0 Å². The number of piperazine rings is 1. The monoisotopic (exact) mass is 402 g/mol. The standard InChI is InChI=1S/C20H22N2O5S/c1-2-26-20(25)22-9-7-21(8-10-22)11-13-12-28-19-17(24)16(23)14-5-3-4-6-15(14)18(19)27-13/h3-6,13H,2,7-12H2,1H3. The number of thioether (sulfide) groups is 1. The molecule has 28 heavy (non-hydrogen) atoms. The largest absolute Gasteiger partial charge is 0.486 e. The van der Waals surface area contributed by atoms with E-state index in [0.717, 1.165) is 13.1 Å². The van der Waals surface area contributed by atoms with Crippen LogP contribution in [0.1, 0.15) is 22.8 Å². The summed E-state index contributed by atoms with van der Waals surface area (Å²) in [4.78, 5) is 40.9. The van der Waals surface area contributed by atoms with Gasteiger partial charge in [0.15, 0.2) is 0 Å². The molecule has 2 heterocycles. The Morgan fingerprint density at radius 1 is 1.14 bits per heavy atom. The Kier molecular flexibility index (Phi) is 5.41. The molecule has 7 nitrogen and oxygen atoms in total. The highest BCUT2D eigenvalue weighted by atomic mass is 32.2. The van der Waals surface area contributed by atoms with Crippen LogP contribution >= 0.6 is 11.8 Å². The van der Waals surface area contributed by atoms with E-state index in [0.29, 0.717) is 53.8 Å². The van der Waals surface area contributed by atoms with Crippen molar-refractivity contribution in [3.05, 3.63) is 40.3 Å². The van der Waals surface area contributed by atoms with Crippen LogP contribution in [0.5, 0.6) is 0 Å². The van der Waals surface area contributed by atoms with E-state index in [1.807, 2.05) is 12.1 Å². The molecule has 1 atom stereocenters. The van der Waals surface area contributed by atoms with Crippen molar-refractivity contribution < 1.29 is 23.9 Å². The van der Waals surface area contributed by atoms with Crippen molar-refractivity contribution in [2.75, 3.05) is 45.1 Å². The van der Waals surface area contributed by atoms with Crippen molar-refractivity contribution in [3.63, 3.8) is 0 Å². The van der Waals surface area contributed by atoms with E-state index in [1.165, 1.54) is 11.8 Å². The van der Waals surface area contributed by atoms with E-state index in [4.69, 9.17) is 9.47 Å². The zero-order valence-electron chi connectivity index (χ0n) is 15.7.